The van der Waals surface area contributed by atoms with Crippen molar-refractivity contribution < 1.29 is 9.59 Å². The molecule has 0 aliphatic carbocycles. The van der Waals surface area contributed by atoms with Crippen LogP contribution in [-0.2, 0) is 16.0 Å². The average Bonchev–Trinajstić information content (AvgIpc) is 2.62. The van der Waals surface area contributed by atoms with E-state index in [1.54, 1.807) is 20.9 Å². The number of likely N-dealkylation sites (N-methyl/N-ethyl adjacent to an activating group) is 1. The molecule has 0 fully saturated rings. The van der Waals surface area contributed by atoms with Crippen molar-refractivity contribution in [3.05, 3.63) is 65.7 Å². The maximum Gasteiger partial charge on any atom is 0.246 e. The van der Waals surface area contributed by atoms with Gasteiger partial charge in [0, 0.05) is 5.69 Å². The van der Waals surface area contributed by atoms with Gasteiger partial charge in [-0.3, -0.25) is 9.59 Å². The van der Waals surface area contributed by atoms with Crippen LogP contribution in [-0.4, -0.2) is 30.9 Å². The highest BCUT2D eigenvalue weighted by Gasteiger charge is 2.18. The molecule has 0 aromatic heterocycles. The topological polar surface area (TPSA) is 70.2 Å². The first kappa shape index (κ1) is 18.7. The molecule has 0 aliphatic rings. The average molecular weight is 339 g/mol. The normalized spacial score (nSPS) is 12.9. The first-order valence-corrected chi connectivity index (χ1v) is 8.41. The number of hydrogen-bond donors (Lipinski definition) is 3. The molecule has 5 nitrogen and oxygen atoms in total. The Morgan fingerprint density at radius 1 is 0.880 bits per heavy atom. The molecule has 2 atom stereocenters. The Morgan fingerprint density at radius 3 is 2.24 bits per heavy atom. The summed E-state index contributed by atoms with van der Waals surface area (Å²) in [6.45, 7) is 3.41. The first-order chi connectivity index (χ1) is 12.0. The van der Waals surface area contributed by atoms with Crippen LogP contribution in [0, 0.1) is 0 Å². The van der Waals surface area contributed by atoms with Crippen LogP contribution in [0.1, 0.15) is 25.0 Å². The van der Waals surface area contributed by atoms with Gasteiger partial charge in [0.1, 0.15) is 6.04 Å². The molecular formula is C20H25N3O2. The minimum atomic E-state index is -0.610. The lowest BCUT2D eigenvalue weighted by molar-refractivity contribution is -0.127. The largest absolute Gasteiger partial charge is 0.343 e. The van der Waals surface area contributed by atoms with E-state index in [-0.39, 0.29) is 17.9 Å². The van der Waals surface area contributed by atoms with Crippen LogP contribution in [0.2, 0.25) is 0 Å². The molecule has 2 rings (SSSR count). The molecule has 0 saturated carbocycles. The highest BCUT2D eigenvalue weighted by molar-refractivity contribution is 5.97. The number of amides is 2. The fourth-order valence-electron chi connectivity index (χ4n) is 2.38. The summed E-state index contributed by atoms with van der Waals surface area (Å²) >= 11 is 0. The second-order valence-corrected chi connectivity index (χ2v) is 6.09. The van der Waals surface area contributed by atoms with E-state index < -0.39 is 6.04 Å². The molecule has 5 heteroatoms. The molecule has 3 N–H and O–H groups in total. The van der Waals surface area contributed by atoms with Crippen LogP contribution >= 0.6 is 0 Å². The predicted molar refractivity (Wildman–Crippen MR) is 100 cm³/mol. The van der Waals surface area contributed by atoms with Crippen LogP contribution in [0.5, 0.6) is 0 Å². The monoisotopic (exact) mass is 339 g/mol. The molecule has 2 aromatic carbocycles. The summed E-state index contributed by atoms with van der Waals surface area (Å²) in [5.41, 5.74) is 3.05. The van der Waals surface area contributed by atoms with E-state index in [0.717, 1.165) is 17.7 Å². The van der Waals surface area contributed by atoms with Crippen molar-refractivity contribution in [1.29, 1.82) is 0 Å². The Bertz CT molecular complexity index is 716. The smallest absolute Gasteiger partial charge is 0.246 e. The number of hydrogen-bond acceptors (Lipinski definition) is 3. The lowest BCUT2D eigenvalue weighted by Crippen LogP contribution is -2.48. The Labute approximate surface area is 148 Å². The fourth-order valence-corrected chi connectivity index (χ4v) is 2.38. The van der Waals surface area contributed by atoms with E-state index >= 15 is 0 Å². The molecule has 2 aromatic rings. The highest BCUT2D eigenvalue weighted by Crippen LogP contribution is 2.15. The Balaban J connectivity index is 1.96. The lowest BCUT2D eigenvalue weighted by Gasteiger charge is -2.17. The van der Waals surface area contributed by atoms with Crippen molar-refractivity contribution in [3.8, 4) is 0 Å². The van der Waals surface area contributed by atoms with Crippen LogP contribution in [0.15, 0.2) is 54.6 Å². The number of nitrogens with one attached hydrogen (secondary N) is 3. The van der Waals surface area contributed by atoms with Gasteiger partial charge in [-0.05, 0) is 50.6 Å². The number of anilines is 1. The molecule has 0 unspecified atom stereocenters. The van der Waals surface area contributed by atoms with Crippen molar-refractivity contribution in [2.45, 2.75) is 32.4 Å². The second kappa shape index (κ2) is 8.99. The molecule has 0 heterocycles. The van der Waals surface area contributed by atoms with E-state index in [1.165, 1.54) is 5.56 Å². The molecule has 2 amide bonds. The summed E-state index contributed by atoms with van der Waals surface area (Å²) in [7, 11) is 1.70. The van der Waals surface area contributed by atoms with Crippen molar-refractivity contribution in [1.82, 2.24) is 10.6 Å². The maximum absolute atomic E-state index is 12.3. The molecule has 25 heavy (non-hydrogen) atoms. The van der Waals surface area contributed by atoms with Crippen molar-refractivity contribution >= 4 is 17.5 Å². The molecule has 0 aliphatic heterocycles. The summed E-state index contributed by atoms with van der Waals surface area (Å²) in [4.78, 5) is 24.1. The lowest BCUT2D eigenvalue weighted by atomic mass is 10.0. The van der Waals surface area contributed by atoms with E-state index in [1.807, 2.05) is 42.5 Å². The predicted octanol–water partition coefficient (Wildman–Crippen LogP) is 2.33. The zero-order valence-corrected chi connectivity index (χ0v) is 14.9. The maximum atomic E-state index is 12.3. The first-order valence-electron chi connectivity index (χ1n) is 8.41. The fraction of sp³-hybridized carbons (Fsp3) is 0.300. The summed E-state index contributed by atoms with van der Waals surface area (Å²) < 4.78 is 0. The van der Waals surface area contributed by atoms with E-state index in [0.29, 0.717) is 0 Å². The quantitative estimate of drug-likeness (QED) is 0.725. The van der Waals surface area contributed by atoms with Crippen molar-refractivity contribution in [2.75, 3.05) is 12.4 Å². The number of carbonyl (C=O) groups is 2. The highest BCUT2D eigenvalue weighted by atomic mass is 16.2. The van der Waals surface area contributed by atoms with E-state index in [2.05, 4.69) is 28.1 Å². The minimum Gasteiger partial charge on any atom is -0.343 e. The summed E-state index contributed by atoms with van der Waals surface area (Å²) in [5, 5.41) is 8.39. The zero-order valence-electron chi connectivity index (χ0n) is 14.9. The molecule has 0 saturated heterocycles. The van der Waals surface area contributed by atoms with E-state index in [9.17, 15) is 9.59 Å². The van der Waals surface area contributed by atoms with Crippen molar-refractivity contribution in [3.63, 3.8) is 0 Å². The van der Waals surface area contributed by atoms with Gasteiger partial charge in [0.15, 0.2) is 0 Å². The van der Waals surface area contributed by atoms with Gasteiger partial charge < -0.3 is 16.0 Å². The molecule has 0 bridgehead atoms. The standard InChI is InChI=1S/C20H25N3O2/c1-14(21-3)19(24)22-15(2)20(25)23-18-11-7-10-17(13-18)12-16-8-5-4-6-9-16/h4-11,13-15,21H,12H2,1-3H3,(H,22,24)(H,23,25)/t14-,15-/m0/s1. The van der Waals surface area contributed by atoms with Gasteiger partial charge in [-0.25, -0.2) is 0 Å². The van der Waals surface area contributed by atoms with Crippen molar-refractivity contribution in [2.24, 2.45) is 0 Å². The molecule has 0 radical (unpaired) electrons. The van der Waals surface area contributed by atoms with Crippen LogP contribution in [0.4, 0.5) is 5.69 Å². The Kier molecular flexibility index (Phi) is 6.71. The third kappa shape index (κ3) is 5.72. The molecule has 132 valence electrons. The minimum absolute atomic E-state index is 0.206. The SMILES string of the molecule is CN[C@@H](C)C(=O)N[C@@H](C)C(=O)Nc1cccc(Cc2ccccc2)c1. The summed E-state index contributed by atoms with van der Waals surface area (Å²) in [6.07, 6.45) is 0.802. The van der Waals surface area contributed by atoms with Crippen LogP contribution < -0.4 is 16.0 Å². The Hall–Kier alpha value is -2.66. The second-order valence-electron chi connectivity index (χ2n) is 6.09. The molecule has 0 spiro atoms. The number of benzene rings is 2. The van der Waals surface area contributed by atoms with Gasteiger partial charge in [0.05, 0.1) is 6.04 Å². The summed E-state index contributed by atoms with van der Waals surface area (Å²) in [6, 6.07) is 17.0. The molecular weight excluding hydrogens is 314 g/mol. The van der Waals surface area contributed by atoms with E-state index in [4.69, 9.17) is 0 Å². The summed E-state index contributed by atoms with van der Waals surface area (Å²) in [5.74, 6) is -0.448. The Morgan fingerprint density at radius 2 is 1.56 bits per heavy atom. The van der Waals surface area contributed by atoms with Gasteiger partial charge in [-0.1, -0.05) is 42.5 Å². The number of rotatable bonds is 7. The van der Waals surface area contributed by atoms with Crippen LogP contribution in [0.3, 0.4) is 0 Å². The third-order valence-electron chi connectivity index (χ3n) is 4.02. The van der Waals surface area contributed by atoms with Gasteiger partial charge >= 0.3 is 0 Å². The van der Waals surface area contributed by atoms with Gasteiger partial charge in [0.2, 0.25) is 11.8 Å². The van der Waals surface area contributed by atoms with Crippen LogP contribution in [0.25, 0.3) is 0 Å². The van der Waals surface area contributed by atoms with Gasteiger partial charge in [0.25, 0.3) is 0 Å². The van der Waals surface area contributed by atoms with Gasteiger partial charge in [-0.15, -0.1) is 0 Å². The third-order valence-corrected chi connectivity index (χ3v) is 4.02. The number of carbonyl (C=O) groups excluding carboxylic acids is 2. The van der Waals surface area contributed by atoms with Gasteiger partial charge in [-0.2, -0.15) is 0 Å². The zero-order chi connectivity index (χ0) is 18.2.